The van der Waals surface area contributed by atoms with Crippen LogP contribution in [0.3, 0.4) is 0 Å². The summed E-state index contributed by atoms with van der Waals surface area (Å²) in [6.07, 6.45) is 3.26. The summed E-state index contributed by atoms with van der Waals surface area (Å²) < 4.78 is 13.6. The van der Waals surface area contributed by atoms with E-state index >= 15 is 0 Å². The molecule has 4 nitrogen and oxygen atoms in total. The van der Waals surface area contributed by atoms with Crippen LogP contribution >= 0.6 is 12.6 Å². The predicted molar refractivity (Wildman–Crippen MR) is 71.5 cm³/mol. The van der Waals surface area contributed by atoms with E-state index in [0.717, 1.165) is 0 Å². The average Bonchev–Trinajstić information content (AvgIpc) is 2.40. The molecule has 0 unspecified atom stereocenters. The first-order valence-corrected chi connectivity index (χ1v) is 6.58. The lowest BCUT2D eigenvalue weighted by molar-refractivity contribution is -0.131. The Morgan fingerprint density at radius 3 is 2.72 bits per heavy atom. The Balaban J connectivity index is 1.95. The summed E-state index contributed by atoms with van der Waals surface area (Å²) in [5.74, 6) is 0.380. The van der Waals surface area contributed by atoms with Crippen molar-refractivity contribution in [2.24, 2.45) is 0 Å². The van der Waals surface area contributed by atoms with Crippen LogP contribution in [0.25, 0.3) is 0 Å². The number of aromatic nitrogens is 1. The number of amides is 1. The highest BCUT2D eigenvalue weighted by molar-refractivity contribution is 7.80. The molecular weight excluding hydrogens is 253 g/mol. The van der Waals surface area contributed by atoms with Crippen LogP contribution in [0.4, 0.5) is 10.1 Å². The normalized spacial score (nSPS) is 15.9. The molecule has 1 aliphatic rings. The number of pyridine rings is 1. The third kappa shape index (κ3) is 2.93. The van der Waals surface area contributed by atoms with E-state index in [2.05, 4.69) is 17.6 Å². The van der Waals surface area contributed by atoms with Crippen LogP contribution in [0.2, 0.25) is 0 Å². The van der Waals surface area contributed by atoms with E-state index in [9.17, 15) is 9.18 Å². The molecule has 1 aromatic rings. The molecule has 1 saturated heterocycles. The van der Waals surface area contributed by atoms with E-state index in [0.29, 0.717) is 44.0 Å². The van der Waals surface area contributed by atoms with E-state index in [-0.39, 0.29) is 11.7 Å². The Bertz CT molecular complexity index is 422. The topological polar surface area (TPSA) is 36.4 Å². The van der Waals surface area contributed by atoms with Crippen molar-refractivity contribution in [3.05, 3.63) is 24.3 Å². The Morgan fingerprint density at radius 2 is 2.11 bits per heavy atom. The molecule has 0 atom stereocenters. The van der Waals surface area contributed by atoms with Crippen molar-refractivity contribution >= 4 is 24.2 Å². The molecule has 1 aromatic heterocycles. The zero-order valence-corrected chi connectivity index (χ0v) is 10.9. The summed E-state index contributed by atoms with van der Waals surface area (Å²) in [5.41, 5.74) is 0.561. The molecule has 98 valence electrons. The van der Waals surface area contributed by atoms with Crippen LogP contribution in [0.5, 0.6) is 0 Å². The molecule has 0 N–H and O–H groups in total. The van der Waals surface area contributed by atoms with Crippen molar-refractivity contribution in [2.45, 2.75) is 6.42 Å². The molecule has 0 bridgehead atoms. The smallest absolute Gasteiger partial charge is 0.223 e. The minimum Gasteiger partial charge on any atom is -0.366 e. The summed E-state index contributed by atoms with van der Waals surface area (Å²) >= 11 is 4.05. The quantitative estimate of drug-likeness (QED) is 0.837. The molecule has 2 heterocycles. The Kier molecular flexibility index (Phi) is 4.41. The number of piperazine rings is 1. The van der Waals surface area contributed by atoms with Gasteiger partial charge in [0.15, 0.2) is 5.82 Å². The van der Waals surface area contributed by atoms with Gasteiger partial charge in [0.25, 0.3) is 0 Å². The van der Waals surface area contributed by atoms with Gasteiger partial charge in [-0.25, -0.2) is 4.39 Å². The van der Waals surface area contributed by atoms with Gasteiger partial charge in [0.2, 0.25) is 5.91 Å². The Labute approximate surface area is 111 Å². The molecule has 2 rings (SSSR count). The number of carbonyl (C=O) groups is 1. The van der Waals surface area contributed by atoms with Crippen molar-refractivity contribution in [1.82, 2.24) is 9.88 Å². The van der Waals surface area contributed by atoms with Gasteiger partial charge in [-0.3, -0.25) is 9.78 Å². The lowest BCUT2D eigenvalue weighted by Gasteiger charge is -2.36. The van der Waals surface area contributed by atoms with E-state index in [1.165, 1.54) is 6.20 Å². The van der Waals surface area contributed by atoms with Gasteiger partial charge in [0.1, 0.15) is 0 Å². The molecule has 1 aliphatic heterocycles. The van der Waals surface area contributed by atoms with Gasteiger partial charge < -0.3 is 9.80 Å². The molecule has 1 amide bonds. The number of hydrogen-bond donors (Lipinski definition) is 1. The van der Waals surface area contributed by atoms with Gasteiger partial charge in [-0.05, 0) is 11.8 Å². The van der Waals surface area contributed by atoms with Crippen LogP contribution in [0, 0.1) is 5.82 Å². The van der Waals surface area contributed by atoms with Crippen LogP contribution in [-0.4, -0.2) is 47.7 Å². The summed E-state index contributed by atoms with van der Waals surface area (Å²) in [4.78, 5) is 19.2. The first-order valence-electron chi connectivity index (χ1n) is 5.95. The number of rotatable bonds is 3. The standard InChI is InChI=1S/C12H16FN3OS/c13-10-9-14-3-1-11(10)15-4-6-16(7-5-15)12(17)2-8-18/h1,3,9,18H,2,4-8H2. The fraction of sp³-hybridized carbons (Fsp3) is 0.500. The summed E-state index contributed by atoms with van der Waals surface area (Å²) in [5, 5.41) is 0. The zero-order valence-electron chi connectivity index (χ0n) is 10.0. The third-order valence-corrected chi connectivity index (χ3v) is 3.27. The van der Waals surface area contributed by atoms with Gasteiger partial charge >= 0.3 is 0 Å². The fourth-order valence-electron chi connectivity index (χ4n) is 2.07. The van der Waals surface area contributed by atoms with Crippen molar-refractivity contribution in [2.75, 3.05) is 36.8 Å². The summed E-state index contributed by atoms with van der Waals surface area (Å²) in [7, 11) is 0. The maximum atomic E-state index is 13.6. The zero-order chi connectivity index (χ0) is 13.0. The van der Waals surface area contributed by atoms with Crippen LogP contribution in [0.15, 0.2) is 18.5 Å². The predicted octanol–water partition coefficient (Wildman–Crippen LogP) is 1.19. The highest BCUT2D eigenvalue weighted by Crippen LogP contribution is 2.19. The van der Waals surface area contributed by atoms with Gasteiger partial charge in [-0.1, -0.05) is 0 Å². The van der Waals surface area contributed by atoms with Crippen molar-refractivity contribution < 1.29 is 9.18 Å². The highest BCUT2D eigenvalue weighted by Gasteiger charge is 2.22. The second-order valence-corrected chi connectivity index (χ2v) is 4.62. The van der Waals surface area contributed by atoms with E-state index in [4.69, 9.17) is 0 Å². The van der Waals surface area contributed by atoms with Gasteiger partial charge in [-0.15, -0.1) is 0 Å². The summed E-state index contributed by atoms with van der Waals surface area (Å²) in [6, 6.07) is 1.67. The second kappa shape index (κ2) is 6.04. The lowest BCUT2D eigenvalue weighted by atomic mass is 10.2. The van der Waals surface area contributed by atoms with Crippen molar-refractivity contribution in [3.8, 4) is 0 Å². The first kappa shape index (κ1) is 13.1. The van der Waals surface area contributed by atoms with Crippen molar-refractivity contribution in [3.63, 3.8) is 0 Å². The molecular formula is C12H16FN3OS. The molecule has 0 saturated carbocycles. The molecule has 6 heteroatoms. The van der Waals surface area contributed by atoms with Gasteiger partial charge in [0.05, 0.1) is 11.9 Å². The number of anilines is 1. The second-order valence-electron chi connectivity index (χ2n) is 4.17. The lowest BCUT2D eigenvalue weighted by Crippen LogP contribution is -2.49. The van der Waals surface area contributed by atoms with E-state index in [1.807, 2.05) is 9.80 Å². The molecule has 0 aromatic carbocycles. The fourth-order valence-corrected chi connectivity index (χ4v) is 2.27. The average molecular weight is 269 g/mol. The number of thiol groups is 1. The maximum absolute atomic E-state index is 13.6. The molecule has 0 aliphatic carbocycles. The number of halogens is 1. The maximum Gasteiger partial charge on any atom is 0.223 e. The van der Waals surface area contributed by atoms with E-state index < -0.39 is 0 Å². The van der Waals surface area contributed by atoms with Crippen LogP contribution in [-0.2, 0) is 4.79 Å². The molecule has 0 radical (unpaired) electrons. The third-order valence-electron chi connectivity index (χ3n) is 3.05. The minimum atomic E-state index is -0.312. The number of carbonyl (C=O) groups excluding carboxylic acids is 1. The first-order chi connectivity index (χ1) is 8.72. The van der Waals surface area contributed by atoms with Crippen molar-refractivity contribution in [1.29, 1.82) is 0 Å². The molecule has 1 fully saturated rings. The number of hydrogen-bond acceptors (Lipinski definition) is 4. The minimum absolute atomic E-state index is 0.125. The molecule has 18 heavy (non-hydrogen) atoms. The van der Waals surface area contributed by atoms with Gasteiger partial charge in [0, 0.05) is 38.8 Å². The largest absolute Gasteiger partial charge is 0.366 e. The van der Waals surface area contributed by atoms with Crippen LogP contribution in [0.1, 0.15) is 6.42 Å². The van der Waals surface area contributed by atoms with E-state index in [1.54, 1.807) is 12.3 Å². The Hall–Kier alpha value is -1.30. The summed E-state index contributed by atoms with van der Waals surface area (Å²) in [6.45, 7) is 2.57. The monoisotopic (exact) mass is 269 g/mol. The Morgan fingerprint density at radius 1 is 1.39 bits per heavy atom. The van der Waals surface area contributed by atoms with Gasteiger partial charge in [-0.2, -0.15) is 12.6 Å². The molecule has 0 spiro atoms. The highest BCUT2D eigenvalue weighted by atomic mass is 32.1. The SMILES string of the molecule is O=C(CCS)N1CCN(c2ccncc2F)CC1. The number of nitrogens with zero attached hydrogens (tertiary/aromatic N) is 3. The van der Waals surface area contributed by atoms with Crippen LogP contribution < -0.4 is 4.90 Å².